The lowest BCUT2D eigenvalue weighted by molar-refractivity contribution is 0.199. The van der Waals surface area contributed by atoms with E-state index >= 15 is 0 Å². The summed E-state index contributed by atoms with van der Waals surface area (Å²) in [5, 5.41) is 3.32. The summed E-state index contributed by atoms with van der Waals surface area (Å²) in [6.45, 7) is 5.04. The molecule has 4 heterocycles. The Morgan fingerprint density at radius 2 is 1.85 bits per heavy atom. The molecule has 0 atom stereocenters. The van der Waals surface area contributed by atoms with Crippen molar-refractivity contribution in [1.82, 2.24) is 24.8 Å². The number of aryl methyl sites for hydroxylation is 1. The van der Waals surface area contributed by atoms with Crippen LogP contribution in [-0.4, -0.2) is 37.9 Å². The molecule has 3 aromatic heterocycles. The van der Waals surface area contributed by atoms with Crippen molar-refractivity contribution in [3.05, 3.63) is 66.0 Å². The molecule has 0 amide bonds. The molecule has 0 spiro atoms. The molecule has 1 saturated heterocycles. The van der Waals surface area contributed by atoms with E-state index in [1.807, 2.05) is 43.6 Å². The number of hydrogen-bond donors (Lipinski definition) is 2. The lowest BCUT2D eigenvalue weighted by Crippen LogP contribution is -2.33. The molecule has 134 valence electrons. The van der Waals surface area contributed by atoms with Crippen molar-refractivity contribution in [2.24, 2.45) is 0 Å². The van der Waals surface area contributed by atoms with Crippen molar-refractivity contribution >= 4 is 11.6 Å². The van der Waals surface area contributed by atoms with Gasteiger partial charge in [0.15, 0.2) is 0 Å². The number of pyridine rings is 2. The van der Waals surface area contributed by atoms with Crippen molar-refractivity contribution in [2.45, 2.75) is 32.2 Å². The van der Waals surface area contributed by atoms with Crippen LogP contribution < -0.4 is 5.32 Å². The number of anilines is 2. The minimum atomic E-state index is 0.509. The minimum Gasteiger partial charge on any atom is -0.348 e. The number of imidazole rings is 1. The number of aromatic nitrogens is 4. The van der Waals surface area contributed by atoms with Crippen LogP contribution in [0.2, 0.25) is 0 Å². The van der Waals surface area contributed by atoms with E-state index in [0.717, 1.165) is 55.6 Å². The summed E-state index contributed by atoms with van der Waals surface area (Å²) in [5.41, 5.74) is 2.16. The third kappa shape index (κ3) is 4.08. The Bertz CT molecular complexity index is 837. The normalized spacial score (nSPS) is 15.9. The third-order valence-electron chi connectivity index (χ3n) is 4.85. The number of aromatic amines is 1. The molecule has 0 radical (unpaired) electrons. The molecular formula is C20H24N6. The van der Waals surface area contributed by atoms with Crippen LogP contribution in [-0.2, 0) is 6.54 Å². The average molecular weight is 348 g/mol. The van der Waals surface area contributed by atoms with E-state index in [-0.39, 0.29) is 0 Å². The van der Waals surface area contributed by atoms with Crippen molar-refractivity contribution in [2.75, 3.05) is 18.4 Å². The standard InChI is InChI=1S/C20H24N6/c1-15-4-2-6-18(23-15)25-19-7-3-5-17(24-19)16-8-12-26(13-9-16)14-20-21-10-11-22-20/h2-7,10-11,16H,8-9,12-14H2,1H3,(H,21,22)(H,23,24,25). The summed E-state index contributed by atoms with van der Waals surface area (Å²) in [4.78, 5) is 19.3. The molecule has 1 aliphatic rings. The van der Waals surface area contributed by atoms with Gasteiger partial charge in [-0.25, -0.2) is 15.0 Å². The molecule has 0 bridgehead atoms. The summed E-state index contributed by atoms with van der Waals surface area (Å²) in [6.07, 6.45) is 5.95. The van der Waals surface area contributed by atoms with Crippen LogP contribution in [0.1, 0.15) is 36.0 Å². The molecule has 0 unspecified atom stereocenters. The third-order valence-corrected chi connectivity index (χ3v) is 4.85. The second kappa shape index (κ2) is 7.66. The maximum Gasteiger partial charge on any atom is 0.131 e. The zero-order valence-electron chi connectivity index (χ0n) is 15.0. The lowest BCUT2D eigenvalue weighted by Gasteiger charge is -2.31. The summed E-state index contributed by atoms with van der Waals surface area (Å²) in [5.74, 6) is 3.25. The second-order valence-corrected chi connectivity index (χ2v) is 6.82. The van der Waals surface area contributed by atoms with Gasteiger partial charge in [0, 0.05) is 29.7 Å². The Kier molecular flexibility index (Phi) is 4.93. The summed E-state index contributed by atoms with van der Waals surface area (Å²) < 4.78 is 0. The number of rotatable bonds is 5. The molecule has 2 N–H and O–H groups in total. The van der Waals surface area contributed by atoms with E-state index < -0.39 is 0 Å². The Balaban J connectivity index is 1.38. The Morgan fingerprint density at radius 3 is 2.58 bits per heavy atom. The number of nitrogens with zero attached hydrogens (tertiary/aromatic N) is 4. The number of nitrogens with one attached hydrogen (secondary N) is 2. The van der Waals surface area contributed by atoms with E-state index in [1.165, 1.54) is 5.69 Å². The van der Waals surface area contributed by atoms with Gasteiger partial charge in [-0.05, 0) is 57.1 Å². The molecule has 26 heavy (non-hydrogen) atoms. The summed E-state index contributed by atoms with van der Waals surface area (Å²) in [7, 11) is 0. The summed E-state index contributed by atoms with van der Waals surface area (Å²) >= 11 is 0. The number of H-pyrrole nitrogens is 1. The number of likely N-dealkylation sites (tertiary alicyclic amines) is 1. The van der Waals surface area contributed by atoms with Crippen LogP contribution in [0.15, 0.2) is 48.8 Å². The highest BCUT2D eigenvalue weighted by Crippen LogP contribution is 2.28. The van der Waals surface area contributed by atoms with E-state index in [0.29, 0.717) is 5.92 Å². The van der Waals surface area contributed by atoms with Gasteiger partial charge in [-0.15, -0.1) is 0 Å². The molecule has 3 aromatic rings. The molecule has 0 aromatic carbocycles. The van der Waals surface area contributed by atoms with Gasteiger partial charge < -0.3 is 10.3 Å². The van der Waals surface area contributed by atoms with E-state index in [4.69, 9.17) is 4.98 Å². The maximum atomic E-state index is 4.83. The van der Waals surface area contributed by atoms with Crippen LogP contribution >= 0.6 is 0 Å². The van der Waals surface area contributed by atoms with Gasteiger partial charge in [0.1, 0.15) is 17.5 Å². The molecule has 0 aliphatic carbocycles. The molecule has 4 rings (SSSR count). The van der Waals surface area contributed by atoms with Crippen LogP contribution in [0.5, 0.6) is 0 Å². The average Bonchev–Trinajstić information content (AvgIpc) is 3.16. The van der Waals surface area contributed by atoms with E-state index in [9.17, 15) is 0 Å². The van der Waals surface area contributed by atoms with Crippen LogP contribution in [0, 0.1) is 6.92 Å². The quantitative estimate of drug-likeness (QED) is 0.737. The van der Waals surface area contributed by atoms with Gasteiger partial charge in [0.05, 0.1) is 6.54 Å². The topological polar surface area (TPSA) is 69.7 Å². The van der Waals surface area contributed by atoms with Crippen LogP contribution in [0.4, 0.5) is 11.6 Å². The fourth-order valence-electron chi connectivity index (χ4n) is 3.48. The highest BCUT2D eigenvalue weighted by Gasteiger charge is 2.22. The zero-order chi connectivity index (χ0) is 17.8. The van der Waals surface area contributed by atoms with Gasteiger partial charge in [0.2, 0.25) is 0 Å². The zero-order valence-corrected chi connectivity index (χ0v) is 15.0. The highest BCUT2D eigenvalue weighted by molar-refractivity contribution is 5.51. The molecule has 6 nitrogen and oxygen atoms in total. The smallest absolute Gasteiger partial charge is 0.131 e. The first-order valence-electron chi connectivity index (χ1n) is 9.14. The number of piperidine rings is 1. The second-order valence-electron chi connectivity index (χ2n) is 6.82. The molecule has 1 fully saturated rings. The Hall–Kier alpha value is -2.73. The SMILES string of the molecule is Cc1cccc(Nc2cccc(C3CCN(Cc4ncc[nH]4)CC3)n2)n1. The molecule has 0 saturated carbocycles. The fourth-order valence-corrected chi connectivity index (χ4v) is 3.48. The van der Waals surface area contributed by atoms with Crippen molar-refractivity contribution in [3.8, 4) is 0 Å². The Morgan fingerprint density at radius 1 is 1.08 bits per heavy atom. The molecular weight excluding hydrogens is 324 g/mol. The van der Waals surface area contributed by atoms with E-state index in [1.54, 1.807) is 0 Å². The number of hydrogen-bond acceptors (Lipinski definition) is 5. The Labute approximate surface area is 153 Å². The molecule has 1 aliphatic heterocycles. The highest BCUT2D eigenvalue weighted by atomic mass is 15.2. The van der Waals surface area contributed by atoms with Gasteiger partial charge in [-0.1, -0.05) is 12.1 Å². The minimum absolute atomic E-state index is 0.509. The monoisotopic (exact) mass is 348 g/mol. The first-order valence-corrected chi connectivity index (χ1v) is 9.14. The van der Waals surface area contributed by atoms with Gasteiger partial charge >= 0.3 is 0 Å². The largest absolute Gasteiger partial charge is 0.348 e. The van der Waals surface area contributed by atoms with Gasteiger partial charge in [-0.2, -0.15) is 0 Å². The maximum absolute atomic E-state index is 4.83. The van der Waals surface area contributed by atoms with E-state index in [2.05, 4.69) is 37.3 Å². The van der Waals surface area contributed by atoms with Gasteiger partial charge in [0.25, 0.3) is 0 Å². The summed E-state index contributed by atoms with van der Waals surface area (Å²) in [6, 6.07) is 12.2. The van der Waals surface area contributed by atoms with Crippen LogP contribution in [0.25, 0.3) is 0 Å². The first kappa shape index (κ1) is 16.7. The van der Waals surface area contributed by atoms with Crippen molar-refractivity contribution < 1.29 is 0 Å². The van der Waals surface area contributed by atoms with Crippen molar-refractivity contribution in [1.29, 1.82) is 0 Å². The van der Waals surface area contributed by atoms with Crippen LogP contribution in [0.3, 0.4) is 0 Å². The predicted molar refractivity (Wildman–Crippen MR) is 102 cm³/mol. The van der Waals surface area contributed by atoms with Crippen molar-refractivity contribution in [3.63, 3.8) is 0 Å². The lowest BCUT2D eigenvalue weighted by atomic mass is 9.93. The predicted octanol–water partition coefficient (Wildman–Crippen LogP) is 3.63. The first-order chi connectivity index (χ1) is 12.8. The molecule has 6 heteroatoms. The fraction of sp³-hybridized carbons (Fsp3) is 0.350. The van der Waals surface area contributed by atoms with Gasteiger partial charge in [-0.3, -0.25) is 4.90 Å².